The molecule has 10 heteroatoms. The summed E-state index contributed by atoms with van der Waals surface area (Å²) in [5, 5.41) is 6.03. The summed E-state index contributed by atoms with van der Waals surface area (Å²) in [6, 6.07) is 13.0. The van der Waals surface area contributed by atoms with Crippen molar-refractivity contribution in [2.45, 2.75) is 13.3 Å². The second kappa shape index (κ2) is 11.9. The predicted octanol–water partition coefficient (Wildman–Crippen LogP) is 4.92. The molecule has 1 aliphatic heterocycles. The highest BCUT2D eigenvalue weighted by Crippen LogP contribution is 2.36. The Morgan fingerprint density at radius 1 is 1.14 bits per heavy atom. The summed E-state index contributed by atoms with van der Waals surface area (Å²) in [4.78, 5) is 37.2. The molecule has 1 saturated heterocycles. The van der Waals surface area contributed by atoms with Crippen LogP contribution in [0.25, 0.3) is 0 Å². The third-order valence-corrected chi connectivity index (χ3v) is 6.41. The maximum absolute atomic E-state index is 11.8. The minimum atomic E-state index is -0.395. The van der Waals surface area contributed by atoms with Crippen LogP contribution in [0, 0.1) is 0 Å². The Morgan fingerprint density at radius 2 is 1.86 bits per heavy atom. The number of halogens is 1. The van der Waals surface area contributed by atoms with Gasteiger partial charge < -0.3 is 25.2 Å². The zero-order valence-corrected chi connectivity index (χ0v) is 21.6. The number of hydrogen-bond acceptors (Lipinski definition) is 8. The van der Waals surface area contributed by atoms with Gasteiger partial charge in [0.05, 0.1) is 5.69 Å². The van der Waals surface area contributed by atoms with Gasteiger partial charge in [-0.25, -0.2) is 4.98 Å². The molecule has 0 radical (unpaired) electrons. The minimum Gasteiger partial charge on any atom is -0.436 e. The highest BCUT2D eigenvalue weighted by molar-refractivity contribution is 6.35. The van der Waals surface area contributed by atoms with E-state index in [0.29, 0.717) is 24.1 Å². The number of ether oxygens (including phenoxy) is 1. The van der Waals surface area contributed by atoms with Gasteiger partial charge in [-0.1, -0.05) is 31.2 Å². The number of amides is 1. The molecule has 2 N–H and O–H groups in total. The van der Waals surface area contributed by atoms with Crippen molar-refractivity contribution in [2.75, 3.05) is 48.8 Å². The van der Waals surface area contributed by atoms with Crippen molar-refractivity contribution in [1.29, 1.82) is 0 Å². The van der Waals surface area contributed by atoms with Gasteiger partial charge in [0.25, 0.3) is 0 Å². The smallest absolute Gasteiger partial charge is 0.247 e. The largest absolute Gasteiger partial charge is 0.436 e. The zero-order chi connectivity index (χ0) is 26.4. The monoisotopic (exact) mass is 520 g/mol. The van der Waals surface area contributed by atoms with Crippen LogP contribution in [0.5, 0.6) is 11.6 Å². The molecule has 0 spiro atoms. The molecule has 2 aromatic carbocycles. The van der Waals surface area contributed by atoms with Crippen LogP contribution >= 0.6 is 11.6 Å². The summed E-state index contributed by atoms with van der Waals surface area (Å²) in [5.74, 6) is 0.364. The molecular weight excluding hydrogens is 492 g/mol. The third-order valence-electron chi connectivity index (χ3n) is 6.02. The molecular formula is C27H29ClN6O3. The van der Waals surface area contributed by atoms with E-state index in [-0.39, 0.29) is 28.2 Å². The predicted molar refractivity (Wildman–Crippen MR) is 147 cm³/mol. The van der Waals surface area contributed by atoms with E-state index in [4.69, 9.17) is 16.3 Å². The SMILES string of the molecule is C=CC(=O)Nc1cccc(Oc2nc(Nc3ccc(N4CCN(C)CC4)cc3)c(C=O)nc2CC)c1Cl. The number of anilines is 4. The van der Waals surface area contributed by atoms with Gasteiger partial charge >= 0.3 is 0 Å². The molecule has 0 unspecified atom stereocenters. The molecule has 0 saturated carbocycles. The maximum atomic E-state index is 11.8. The Balaban J connectivity index is 1.58. The van der Waals surface area contributed by atoms with Crippen LogP contribution in [0.2, 0.25) is 5.02 Å². The van der Waals surface area contributed by atoms with Crippen LogP contribution in [0.1, 0.15) is 23.1 Å². The number of aldehydes is 1. The van der Waals surface area contributed by atoms with E-state index in [9.17, 15) is 9.59 Å². The van der Waals surface area contributed by atoms with Crippen LogP contribution in [0.4, 0.5) is 22.9 Å². The topological polar surface area (TPSA) is 99.7 Å². The summed E-state index contributed by atoms with van der Waals surface area (Å²) in [7, 11) is 2.13. The lowest BCUT2D eigenvalue weighted by Gasteiger charge is -2.34. The lowest BCUT2D eigenvalue weighted by molar-refractivity contribution is -0.111. The van der Waals surface area contributed by atoms with Gasteiger partial charge in [0.1, 0.15) is 22.2 Å². The number of nitrogens with one attached hydrogen (secondary N) is 2. The van der Waals surface area contributed by atoms with E-state index >= 15 is 0 Å². The number of carbonyl (C=O) groups is 2. The second-order valence-electron chi connectivity index (χ2n) is 8.56. The first kappa shape index (κ1) is 26.1. The molecule has 1 aromatic heterocycles. The van der Waals surface area contributed by atoms with Crippen molar-refractivity contribution in [3.8, 4) is 11.6 Å². The molecule has 9 nitrogen and oxygen atoms in total. The molecule has 0 atom stereocenters. The maximum Gasteiger partial charge on any atom is 0.247 e. The van der Waals surface area contributed by atoms with Crippen molar-refractivity contribution < 1.29 is 14.3 Å². The fourth-order valence-electron chi connectivity index (χ4n) is 3.89. The van der Waals surface area contributed by atoms with Gasteiger partial charge in [0, 0.05) is 37.6 Å². The normalized spacial score (nSPS) is 13.6. The Kier molecular flexibility index (Phi) is 8.37. The molecule has 4 rings (SSSR count). The molecule has 0 aliphatic carbocycles. The summed E-state index contributed by atoms with van der Waals surface area (Å²) in [6.07, 6.45) is 2.29. The van der Waals surface area contributed by atoms with E-state index in [1.807, 2.05) is 31.2 Å². The summed E-state index contributed by atoms with van der Waals surface area (Å²) >= 11 is 6.47. The number of likely N-dealkylation sites (N-methyl/N-ethyl adjacent to an activating group) is 1. The van der Waals surface area contributed by atoms with Crippen LogP contribution in [0.3, 0.4) is 0 Å². The van der Waals surface area contributed by atoms with Crippen molar-refractivity contribution in [3.63, 3.8) is 0 Å². The standard InChI is InChI=1S/C27H29ClN6O3/c1-4-20-27(37-23-8-6-7-21(25(23)28)31-24(36)5-2)32-26(22(17-35)30-20)29-18-9-11-19(12-10-18)34-15-13-33(3)14-16-34/h5-12,17H,2,4,13-16H2,1,3H3,(H,29,32)(H,31,36). The average Bonchev–Trinajstić information content (AvgIpc) is 2.92. The van der Waals surface area contributed by atoms with E-state index in [0.717, 1.165) is 43.6 Å². The van der Waals surface area contributed by atoms with Gasteiger partial charge in [-0.2, -0.15) is 4.98 Å². The molecule has 1 fully saturated rings. The first-order valence-electron chi connectivity index (χ1n) is 12.0. The lowest BCUT2D eigenvalue weighted by atomic mass is 10.2. The van der Waals surface area contributed by atoms with Crippen molar-refractivity contribution >= 4 is 46.7 Å². The first-order chi connectivity index (χ1) is 17.9. The number of aromatic nitrogens is 2. The summed E-state index contributed by atoms with van der Waals surface area (Å²) in [6.45, 7) is 9.34. The fourth-order valence-corrected chi connectivity index (χ4v) is 4.10. The molecule has 1 aliphatic rings. The van der Waals surface area contributed by atoms with Gasteiger partial charge in [0.15, 0.2) is 12.1 Å². The minimum absolute atomic E-state index is 0.172. The zero-order valence-electron chi connectivity index (χ0n) is 20.8. The van der Waals surface area contributed by atoms with Crippen LogP contribution in [-0.4, -0.2) is 60.3 Å². The Morgan fingerprint density at radius 3 is 2.51 bits per heavy atom. The Hall–Kier alpha value is -3.95. The van der Waals surface area contributed by atoms with Crippen LogP contribution < -0.4 is 20.3 Å². The van der Waals surface area contributed by atoms with Gasteiger partial charge in [0.2, 0.25) is 11.8 Å². The van der Waals surface area contributed by atoms with Crippen molar-refractivity contribution in [1.82, 2.24) is 14.9 Å². The number of carbonyl (C=O) groups excluding carboxylic acids is 2. The van der Waals surface area contributed by atoms with E-state index < -0.39 is 5.91 Å². The van der Waals surface area contributed by atoms with E-state index in [1.54, 1.807) is 18.2 Å². The molecule has 1 amide bonds. The second-order valence-corrected chi connectivity index (χ2v) is 8.93. The third kappa shape index (κ3) is 6.25. The summed E-state index contributed by atoms with van der Waals surface area (Å²) < 4.78 is 6.02. The average molecular weight is 521 g/mol. The van der Waals surface area contributed by atoms with E-state index in [1.165, 1.54) is 0 Å². The molecule has 192 valence electrons. The van der Waals surface area contributed by atoms with E-state index in [2.05, 4.69) is 44.0 Å². The van der Waals surface area contributed by atoms with Gasteiger partial charge in [-0.05, 0) is 55.9 Å². The Bertz CT molecular complexity index is 1290. The van der Waals surface area contributed by atoms with Crippen LogP contribution in [-0.2, 0) is 11.2 Å². The number of nitrogens with zero attached hydrogens (tertiary/aromatic N) is 4. The summed E-state index contributed by atoms with van der Waals surface area (Å²) in [5.41, 5.74) is 2.94. The van der Waals surface area contributed by atoms with Crippen LogP contribution in [0.15, 0.2) is 55.1 Å². The number of aryl methyl sites for hydroxylation is 1. The molecule has 37 heavy (non-hydrogen) atoms. The number of rotatable bonds is 9. The lowest BCUT2D eigenvalue weighted by Crippen LogP contribution is -2.44. The number of piperazine rings is 1. The highest BCUT2D eigenvalue weighted by Gasteiger charge is 2.18. The highest BCUT2D eigenvalue weighted by atomic mass is 35.5. The molecule has 0 bridgehead atoms. The number of benzene rings is 2. The quantitative estimate of drug-likeness (QED) is 0.303. The first-order valence-corrected chi connectivity index (χ1v) is 12.4. The number of hydrogen-bond donors (Lipinski definition) is 2. The Labute approximate surface area is 221 Å². The van der Waals surface area contributed by atoms with Crippen molar-refractivity contribution in [3.05, 3.63) is 71.5 Å². The van der Waals surface area contributed by atoms with Crippen molar-refractivity contribution in [2.24, 2.45) is 0 Å². The molecule has 3 aromatic rings. The molecule has 2 heterocycles. The van der Waals surface area contributed by atoms with Gasteiger partial charge in [-0.15, -0.1) is 0 Å². The van der Waals surface area contributed by atoms with Gasteiger partial charge in [-0.3, -0.25) is 9.59 Å². The fraction of sp³-hybridized carbons (Fsp3) is 0.259.